The number of benzene rings is 3. The van der Waals surface area contributed by atoms with E-state index in [-0.39, 0.29) is 11.2 Å². The van der Waals surface area contributed by atoms with Gasteiger partial charge in [0.1, 0.15) is 5.75 Å². The van der Waals surface area contributed by atoms with Crippen LogP contribution in [0, 0.1) is 0 Å². The number of hydrogen-bond donors (Lipinski definition) is 0. The maximum Gasteiger partial charge on any atom is 0.498 e. The molecule has 3 aromatic rings. The smallest absolute Gasteiger partial charge is 0.497 e. The summed E-state index contributed by atoms with van der Waals surface area (Å²) in [6.07, 6.45) is 0. The van der Waals surface area contributed by atoms with E-state index in [1.54, 1.807) is 7.11 Å². The van der Waals surface area contributed by atoms with Crippen LogP contribution in [0.4, 0.5) is 0 Å². The molecular weight excluding hydrogens is 311 g/mol. The maximum atomic E-state index is 6.25. The molecule has 0 aliphatic carbocycles. The highest BCUT2D eigenvalue weighted by molar-refractivity contribution is 6.63. The summed E-state index contributed by atoms with van der Waals surface area (Å²) in [6.45, 7) is 8.26. The zero-order valence-electron chi connectivity index (χ0n) is 15.4. The summed E-state index contributed by atoms with van der Waals surface area (Å²) in [5.41, 5.74) is 0.178. The molecular formula is C21H23BO3. The molecule has 0 atom stereocenters. The van der Waals surface area contributed by atoms with Gasteiger partial charge in [-0.25, -0.2) is 0 Å². The van der Waals surface area contributed by atoms with Crippen LogP contribution in [-0.2, 0) is 9.31 Å². The Hall–Kier alpha value is -2.04. The van der Waals surface area contributed by atoms with Crippen LogP contribution >= 0.6 is 0 Å². The molecule has 1 saturated heterocycles. The Morgan fingerprint density at radius 1 is 0.800 bits per heavy atom. The molecule has 1 aliphatic heterocycles. The minimum absolute atomic E-state index is 0.379. The van der Waals surface area contributed by atoms with E-state index in [1.807, 2.05) is 0 Å². The van der Waals surface area contributed by atoms with Gasteiger partial charge in [0.2, 0.25) is 0 Å². The van der Waals surface area contributed by atoms with E-state index in [0.29, 0.717) is 0 Å². The maximum absolute atomic E-state index is 6.25. The third-order valence-electron chi connectivity index (χ3n) is 5.60. The third-order valence-corrected chi connectivity index (χ3v) is 5.60. The molecule has 0 radical (unpaired) electrons. The first kappa shape index (κ1) is 16.4. The van der Waals surface area contributed by atoms with Gasteiger partial charge in [0.25, 0.3) is 0 Å². The van der Waals surface area contributed by atoms with Gasteiger partial charge < -0.3 is 14.0 Å². The van der Waals surface area contributed by atoms with Crippen molar-refractivity contribution in [2.24, 2.45) is 0 Å². The molecule has 3 nitrogen and oxygen atoms in total. The summed E-state index contributed by atoms with van der Waals surface area (Å²) < 4.78 is 18.2. The Bertz CT molecular complexity index is 946. The summed E-state index contributed by atoms with van der Waals surface area (Å²) in [5, 5.41) is 4.78. The van der Waals surface area contributed by atoms with Crippen molar-refractivity contribution in [3.8, 4) is 5.75 Å². The highest BCUT2D eigenvalue weighted by Gasteiger charge is 2.52. The van der Waals surface area contributed by atoms with Crippen LogP contribution in [0.1, 0.15) is 27.7 Å². The normalized spacial score (nSPS) is 18.8. The summed E-state index contributed by atoms with van der Waals surface area (Å²) in [6, 6.07) is 16.9. The highest BCUT2D eigenvalue weighted by Crippen LogP contribution is 2.38. The number of fused-ring (bicyclic) bond motifs is 3. The van der Waals surface area contributed by atoms with Crippen molar-refractivity contribution in [1.29, 1.82) is 0 Å². The van der Waals surface area contributed by atoms with E-state index in [4.69, 9.17) is 14.0 Å². The second-order valence-electron chi connectivity index (χ2n) is 7.69. The van der Waals surface area contributed by atoms with Crippen LogP contribution in [0.5, 0.6) is 5.75 Å². The quantitative estimate of drug-likeness (QED) is 0.517. The van der Waals surface area contributed by atoms with Crippen molar-refractivity contribution in [2.75, 3.05) is 7.11 Å². The van der Waals surface area contributed by atoms with Gasteiger partial charge in [-0.15, -0.1) is 0 Å². The molecule has 1 aliphatic rings. The molecule has 128 valence electrons. The van der Waals surface area contributed by atoms with Gasteiger partial charge in [-0.3, -0.25) is 0 Å². The molecule has 4 rings (SSSR count). The highest BCUT2D eigenvalue weighted by atomic mass is 16.7. The number of rotatable bonds is 2. The van der Waals surface area contributed by atoms with E-state index in [1.165, 1.54) is 16.2 Å². The molecule has 1 fully saturated rings. The van der Waals surface area contributed by atoms with Crippen LogP contribution in [-0.4, -0.2) is 25.4 Å². The first-order valence-electron chi connectivity index (χ1n) is 8.67. The lowest BCUT2D eigenvalue weighted by Crippen LogP contribution is -2.41. The Kier molecular flexibility index (Phi) is 3.60. The van der Waals surface area contributed by atoms with Gasteiger partial charge in [0.15, 0.2) is 0 Å². The number of ether oxygens (including phenoxy) is 1. The zero-order chi connectivity index (χ0) is 17.8. The van der Waals surface area contributed by atoms with Gasteiger partial charge in [0.05, 0.1) is 18.3 Å². The number of methoxy groups -OCH3 is 1. The van der Waals surface area contributed by atoms with Gasteiger partial charge >= 0.3 is 7.12 Å². The van der Waals surface area contributed by atoms with Crippen LogP contribution < -0.4 is 10.2 Å². The molecule has 0 saturated carbocycles. The largest absolute Gasteiger partial charge is 0.498 e. The third kappa shape index (κ3) is 2.52. The predicted octanol–water partition coefficient (Wildman–Crippen LogP) is 4.30. The summed E-state index contributed by atoms with van der Waals surface area (Å²) in [4.78, 5) is 0. The van der Waals surface area contributed by atoms with Crippen molar-refractivity contribution >= 4 is 34.1 Å². The molecule has 0 aromatic heterocycles. The topological polar surface area (TPSA) is 27.7 Å². The van der Waals surface area contributed by atoms with Crippen molar-refractivity contribution < 1.29 is 14.0 Å². The van der Waals surface area contributed by atoms with Crippen LogP contribution in [0.25, 0.3) is 21.5 Å². The van der Waals surface area contributed by atoms with Crippen molar-refractivity contribution in [2.45, 2.75) is 38.9 Å². The SMILES string of the molecule is COc1cc2ccc3ccccc3c2cc1B1OC(C)(C)C(C)(C)O1. The van der Waals surface area contributed by atoms with E-state index >= 15 is 0 Å². The van der Waals surface area contributed by atoms with Gasteiger partial charge in [-0.2, -0.15) is 0 Å². The predicted molar refractivity (Wildman–Crippen MR) is 104 cm³/mol. The zero-order valence-corrected chi connectivity index (χ0v) is 15.4. The summed E-state index contributed by atoms with van der Waals surface area (Å²) in [7, 11) is 1.25. The first-order chi connectivity index (χ1) is 11.8. The Labute approximate surface area is 149 Å². The molecule has 0 spiro atoms. The van der Waals surface area contributed by atoms with Gasteiger partial charge in [-0.05, 0) is 55.3 Å². The van der Waals surface area contributed by atoms with Crippen molar-refractivity contribution in [1.82, 2.24) is 0 Å². The van der Waals surface area contributed by atoms with Gasteiger partial charge in [-0.1, -0.05) is 42.5 Å². The molecule has 3 aromatic carbocycles. The van der Waals surface area contributed by atoms with Crippen molar-refractivity contribution in [3.63, 3.8) is 0 Å². The lowest BCUT2D eigenvalue weighted by atomic mass is 9.77. The van der Waals surface area contributed by atoms with Crippen LogP contribution in [0.3, 0.4) is 0 Å². The summed E-state index contributed by atoms with van der Waals surface area (Å²) >= 11 is 0. The average Bonchev–Trinajstić information content (AvgIpc) is 2.81. The fourth-order valence-corrected chi connectivity index (χ4v) is 3.38. The Morgan fingerprint density at radius 3 is 2.12 bits per heavy atom. The van der Waals surface area contributed by atoms with E-state index in [2.05, 4.69) is 76.2 Å². The number of hydrogen-bond acceptors (Lipinski definition) is 3. The van der Waals surface area contributed by atoms with Crippen molar-refractivity contribution in [3.05, 3.63) is 48.5 Å². The lowest BCUT2D eigenvalue weighted by molar-refractivity contribution is 0.00578. The fourth-order valence-electron chi connectivity index (χ4n) is 3.38. The molecule has 4 heteroatoms. The van der Waals surface area contributed by atoms with Crippen LogP contribution in [0.2, 0.25) is 0 Å². The average molecular weight is 334 g/mol. The van der Waals surface area contributed by atoms with E-state index < -0.39 is 7.12 Å². The van der Waals surface area contributed by atoms with Crippen LogP contribution in [0.15, 0.2) is 48.5 Å². The standard InChI is InChI=1S/C21H23BO3/c1-20(2)21(3,4)25-22(24-20)18-13-17-15(12-19(18)23-5)11-10-14-8-6-7-9-16(14)17/h6-13H,1-5H3. The molecule has 25 heavy (non-hydrogen) atoms. The molecule has 0 unspecified atom stereocenters. The monoisotopic (exact) mass is 334 g/mol. The van der Waals surface area contributed by atoms with E-state index in [0.717, 1.165) is 16.6 Å². The summed E-state index contributed by atoms with van der Waals surface area (Å²) in [5.74, 6) is 0.793. The Balaban J connectivity index is 1.93. The minimum Gasteiger partial charge on any atom is -0.497 e. The molecule has 0 N–H and O–H groups in total. The van der Waals surface area contributed by atoms with E-state index in [9.17, 15) is 0 Å². The Morgan fingerprint density at radius 2 is 1.44 bits per heavy atom. The molecule has 0 amide bonds. The molecule has 0 bridgehead atoms. The minimum atomic E-state index is -0.441. The lowest BCUT2D eigenvalue weighted by Gasteiger charge is -2.32. The van der Waals surface area contributed by atoms with Gasteiger partial charge in [0, 0.05) is 5.46 Å². The first-order valence-corrected chi connectivity index (χ1v) is 8.67. The second-order valence-corrected chi connectivity index (χ2v) is 7.69. The fraction of sp³-hybridized carbons (Fsp3) is 0.333. The second kappa shape index (κ2) is 5.48. The molecule has 1 heterocycles.